The maximum absolute atomic E-state index is 9.32. The van der Waals surface area contributed by atoms with Crippen LogP contribution >= 0.6 is 0 Å². The fraction of sp³-hybridized carbons (Fsp3) is 0.419. The molecule has 3 aromatic heterocycles. The zero-order valence-electron chi connectivity index (χ0n) is 24.4. The van der Waals surface area contributed by atoms with Crippen molar-refractivity contribution in [2.24, 2.45) is 0 Å². The summed E-state index contributed by atoms with van der Waals surface area (Å²) in [6.45, 7) is 9.89. The number of rotatable bonds is 12. The van der Waals surface area contributed by atoms with E-state index in [1.807, 2.05) is 29.2 Å². The van der Waals surface area contributed by atoms with Crippen LogP contribution < -0.4 is 5.32 Å². The topological polar surface area (TPSA) is 138 Å². The first-order chi connectivity index (χ1) is 20.4. The number of fused-ring (bicyclic) bond motifs is 1. The van der Waals surface area contributed by atoms with Gasteiger partial charge >= 0.3 is 0 Å². The molecule has 1 atom stereocenters. The number of aromatic nitrogens is 6. The van der Waals surface area contributed by atoms with Gasteiger partial charge in [-0.3, -0.25) is 4.90 Å². The summed E-state index contributed by atoms with van der Waals surface area (Å²) in [5.74, 6) is 0.530. The molecule has 0 fully saturated rings. The Morgan fingerprint density at radius 3 is 2.69 bits per heavy atom. The minimum absolute atomic E-state index is 0.176. The number of β-amino-alcohol motifs (C(OH)–C–C–N with tert-alkyl or cyclic N) is 1. The van der Waals surface area contributed by atoms with E-state index < -0.39 is 5.54 Å². The number of hydrogen-bond donors (Lipinski definition) is 2. The second-order valence-corrected chi connectivity index (χ2v) is 10.9. The van der Waals surface area contributed by atoms with Crippen molar-refractivity contribution in [3.63, 3.8) is 0 Å². The van der Waals surface area contributed by atoms with E-state index >= 15 is 0 Å². The van der Waals surface area contributed by atoms with Crippen molar-refractivity contribution in [3.05, 3.63) is 66.3 Å². The average molecular weight is 568 g/mol. The summed E-state index contributed by atoms with van der Waals surface area (Å²) in [6, 6.07) is 9.51. The Balaban J connectivity index is 1.34. The smallest absolute Gasteiger partial charge is 0.222 e. The molecule has 1 aliphatic rings. The van der Waals surface area contributed by atoms with E-state index in [1.165, 1.54) is 5.57 Å². The Bertz CT molecular complexity index is 1570. The van der Waals surface area contributed by atoms with E-state index in [0.717, 1.165) is 37.1 Å². The lowest BCUT2D eigenvalue weighted by atomic mass is 9.97. The van der Waals surface area contributed by atoms with Gasteiger partial charge in [-0.2, -0.15) is 10.4 Å². The molecule has 5 rings (SSSR count). The van der Waals surface area contributed by atoms with Gasteiger partial charge in [-0.25, -0.2) is 24.6 Å². The van der Waals surface area contributed by atoms with Gasteiger partial charge in [0.1, 0.15) is 5.52 Å². The number of nitrogens with one attached hydrogen (secondary N) is 1. The highest BCUT2D eigenvalue weighted by atomic mass is 16.5. The van der Waals surface area contributed by atoms with Crippen molar-refractivity contribution in [2.75, 3.05) is 44.7 Å². The van der Waals surface area contributed by atoms with E-state index in [9.17, 15) is 10.4 Å². The van der Waals surface area contributed by atoms with Gasteiger partial charge in [0, 0.05) is 56.3 Å². The first-order valence-corrected chi connectivity index (χ1v) is 14.3. The van der Waals surface area contributed by atoms with E-state index in [-0.39, 0.29) is 12.7 Å². The molecule has 0 radical (unpaired) electrons. The maximum Gasteiger partial charge on any atom is 0.222 e. The molecule has 0 bridgehead atoms. The van der Waals surface area contributed by atoms with Gasteiger partial charge in [-0.15, -0.1) is 0 Å². The number of nitriles is 1. The molecule has 0 amide bonds. The summed E-state index contributed by atoms with van der Waals surface area (Å²) in [5, 5.41) is 26.5. The molecular formula is C31H37N9O2. The molecule has 1 aliphatic heterocycles. The molecule has 11 heteroatoms. The van der Waals surface area contributed by atoms with Crippen LogP contribution in [0.2, 0.25) is 0 Å². The van der Waals surface area contributed by atoms with Gasteiger partial charge in [0.05, 0.1) is 48.0 Å². The third kappa shape index (κ3) is 6.46. The van der Waals surface area contributed by atoms with Crippen LogP contribution in [0.4, 0.5) is 5.95 Å². The van der Waals surface area contributed by atoms with E-state index in [2.05, 4.69) is 63.2 Å². The Morgan fingerprint density at radius 2 is 1.98 bits per heavy atom. The molecule has 2 N–H and O–H groups in total. The lowest BCUT2D eigenvalue weighted by molar-refractivity contribution is -0.0137. The van der Waals surface area contributed by atoms with Crippen LogP contribution in [0.3, 0.4) is 0 Å². The lowest BCUT2D eigenvalue weighted by Gasteiger charge is -2.35. The standard InChI is InChI=1S/C31H37N9O2/c1-4-14-42-28(21-36-30-34-17-25(18-35-30)23-8-10-39(11-9-23)12-13-41)31(2,3)40-29-27(20-37-40)33-19-26(38-29)24-7-5-6-22(15-24)16-32/h5-8,15,17-20,28,41H,4,9-14,21H2,1-3H3,(H,34,35,36). The molecular weight excluding hydrogens is 530 g/mol. The second kappa shape index (κ2) is 13.2. The fourth-order valence-electron chi connectivity index (χ4n) is 5.11. The summed E-state index contributed by atoms with van der Waals surface area (Å²) in [7, 11) is 0. The molecule has 0 aliphatic carbocycles. The summed E-state index contributed by atoms with van der Waals surface area (Å²) < 4.78 is 8.22. The number of hydrogen-bond acceptors (Lipinski definition) is 10. The van der Waals surface area contributed by atoms with Crippen LogP contribution in [-0.4, -0.2) is 85.2 Å². The van der Waals surface area contributed by atoms with Gasteiger partial charge in [0.2, 0.25) is 5.95 Å². The fourth-order valence-corrected chi connectivity index (χ4v) is 5.11. The summed E-state index contributed by atoms with van der Waals surface area (Å²) >= 11 is 0. The van der Waals surface area contributed by atoms with E-state index in [0.29, 0.717) is 48.1 Å². The molecule has 0 saturated carbocycles. The highest BCUT2D eigenvalue weighted by Crippen LogP contribution is 2.28. The summed E-state index contributed by atoms with van der Waals surface area (Å²) in [6.07, 6.45) is 10.8. The molecule has 11 nitrogen and oxygen atoms in total. The molecule has 0 spiro atoms. The van der Waals surface area contributed by atoms with Crippen molar-refractivity contribution >= 4 is 22.7 Å². The van der Waals surface area contributed by atoms with Gasteiger partial charge in [-0.05, 0) is 44.4 Å². The predicted molar refractivity (Wildman–Crippen MR) is 161 cm³/mol. The minimum atomic E-state index is -0.598. The number of aliphatic hydroxyl groups excluding tert-OH is 1. The third-order valence-electron chi connectivity index (χ3n) is 7.60. The zero-order valence-corrected chi connectivity index (χ0v) is 24.4. The average Bonchev–Trinajstić information content (AvgIpc) is 3.46. The quantitative estimate of drug-likeness (QED) is 0.259. The molecule has 218 valence electrons. The minimum Gasteiger partial charge on any atom is -0.395 e. The van der Waals surface area contributed by atoms with Crippen LogP contribution in [0.15, 0.2) is 55.1 Å². The van der Waals surface area contributed by atoms with Crippen LogP contribution in [0.5, 0.6) is 0 Å². The Labute approximate surface area is 245 Å². The monoisotopic (exact) mass is 567 g/mol. The normalized spacial score (nSPS) is 14.9. The molecule has 1 aromatic carbocycles. The number of aliphatic hydroxyl groups is 1. The Morgan fingerprint density at radius 1 is 1.14 bits per heavy atom. The van der Waals surface area contributed by atoms with Crippen molar-refractivity contribution in [1.29, 1.82) is 5.26 Å². The summed E-state index contributed by atoms with van der Waals surface area (Å²) in [5.41, 5.74) is 5.03. The molecule has 4 heterocycles. The van der Waals surface area contributed by atoms with Crippen molar-refractivity contribution in [3.8, 4) is 17.3 Å². The second-order valence-electron chi connectivity index (χ2n) is 10.9. The van der Waals surface area contributed by atoms with Crippen LogP contribution in [0.1, 0.15) is 44.7 Å². The first-order valence-electron chi connectivity index (χ1n) is 14.3. The molecule has 0 saturated heterocycles. The largest absolute Gasteiger partial charge is 0.395 e. The van der Waals surface area contributed by atoms with Gasteiger partial charge in [0.25, 0.3) is 0 Å². The van der Waals surface area contributed by atoms with Crippen LogP contribution in [0, 0.1) is 11.3 Å². The number of benzene rings is 1. The highest BCUT2D eigenvalue weighted by Gasteiger charge is 2.35. The van der Waals surface area contributed by atoms with Gasteiger partial charge < -0.3 is 15.2 Å². The van der Waals surface area contributed by atoms with Crippen molar-refractivity contribution < 1.29 is 9.84 Å². The molecule has 1 unspecified atom stereocenters. The van der Waals surface area contributed by atoms with E-state index in [1.54, 1.807) is 24.5 Å². The van der Waals surface area contributed by atoms with Crippen molar-refractivity contribution in [2.45, 2.75) is 45.3 Å². The number of anilines is 1. The molecule has 4 aromatic rings. The van der Waals surface area contributed by atoms with Gasteiger partial charge in [-0.1, -0.05) is 25.1 Å². The first kappa shape index (κ1) is 29.3. The maximum atomic E-state index is 9.32. The Kier molecular flexibility index (Phi) is 9.17. The predicted octanol–water partition coefficient (Wildman–Crippen LogP) is 3.88. The Hall–Kier alpha value is -4.24. The zero-order chi connectivity index (χ0) is 29.5. The summed E-state index contributed by atoms with van der Waals surface area (Å²) in [4.78, 5) is 20.9. The van der Waals surface area contributed by atoms with Crippen LogP contribution in [0.25, 0.3) is 28.0 Å². The number of ether oxygens (including phenoxy) is 1. The van der Waals surface area contributed by atoms with Crippen LogP contribution in [-0.2, 0) is 10.3 Å². The molecule has 42 heavy (non-hydrogen) atoms. The van der Waals surface area contributed by atoms with Crippen molar-refractivity contribution in [1.82, 2.24) is 34.6 Å². The lowest BCUT2D eigenvalue weighted by Crippen LogP contribution is -2.46. The number of nitrogens with zero attached hydrogens (tertiary/aromatic N) is 8. The highest BCUT2D eigenvalue weighted by molar-refractivity contribution is 5.74. The third-order valence-corrected chi connectivity index (χ3v) is 7.60. The SMILES string of the molecule is CCCOC(CNc1ncc(C2=CCN(CCO)CC2)cn1)C(C)(C)n1ncc2ncc(-c3cccc(C#N)c3)nc21. The van der Waals surface area contributed by atoms with E-state index in [4.69, 9.17) is 9.72 Å². The van der Waals surface area contributed by atoms with Gasteiger partial charge in [0.15, 0.2) is 5.65 Å².